The van der Waals surface area contributed by atoms with E-state index < -0.39 is 0 Å². The number of benzene rings is 8. The van der Waals surface area contributed by atoms with Crippen LogP contribution in [0.5, 0.6) is 5.75 Å². The molecule has 0 amide bonds. The lowest BCUT2D eigenvalue weighted by atomic mass is 9.98. The maximum absolute atomic E-state index is 10.1. The number of aliphatic hydroxyl groups is 1. The Kier molecular flexibility index (Phi) is 8.07. The highest BCUT2D eigenvalue weighted by Gasteiger charge is 2.23. The molecule has 1 N–H and O–H groups in total. The van der Waals surface area contributed by atoms with Crippen molar-refractivity contribution in [1.29, 1.82) is 5.26 Å². The van der Waals surface area contributed by atoms with Crippen molar-refractivity contribution in [2.45, 2.75) is 20.5 Å². The lowest BCUT2D eigenvalue weighted by Crippen LogP contribution is -2.10. The molecule has 0 unspecified atom stereocenters. The molecule has 0 atom stereocenters. The average molecular weight is 739 g/mol. The van der Waals surface area contributed by atoms with E-state index in [-0.39, 0.29) is 6.61 Å². The van der Waals surface area contributed by atoms with Gasteiger partial charge in [-0.15, -0.1) is 0 Å². The molecule has 57 heavy (non-hydrogen) atoms. The maximum atomic E-state index is 10.1. The summed E-state index contributed by atoms with van der Waals surface area (Å²) in [6.07, 6.45) is 0. The van der Waals surface area contributed by atoms with Crippen LogP contribution in [0.2, 0.25) is 0 Å². The van der Waals surface area contributed by atoms with E-state index in [0.717, 1.165) is 94.3 Å². The zero-order valence-electron chi connectivity index (χ0n) is 31.9. The number of fused-ring (bicyclic) bond motifs is 8. The molecular formula is C51H38N4O2. The Balaban J connectivity index is 1.25. The van der Waals surface area contributed by atoms with E-state index in [0.29, 0.717) is 5.56 Å². The quantitative estimate of drug-likeness (QED) is 0.168. The molecule has 0 saturated carbocycles. The summed E-state index contributed by atoms with van der Waals surface area (Å²) in [6, 6.07) is 57.6. The van der Waals surface area contributed by atoms with Crippen molar-refractivity contribution in [2.75, 3.05) is 16.9 Å². The van der Waals surface area contributed by atoms with Gasteiger partial charge in [0.2, 0.25) is 0 Å². The van der Waals surface area contributed by atoms with Gasteiger partial charge in [0, 0.05) is 61.7 Å². The average Bonchev–Trinajstić information content (AvgIpc) is 3.76. The summed E-state index contributed by atoms with van der Waals surface area (Å²) in [4.78, 5) is 4.52. The normalized spacial score (nSPS) is 11.6. The van der Waals surface area contributed by atoms with Crippen molar-refractivity contribution >= 4 is 83.0 Å². The number of nitriles is 1. The SMILES string of the molecule is COc1cccc(N(c2ccc(C)cc2)c2ccc3c4cc5ccc(N(c6ccc(C)cc6)c6cccc(CO)c6)cc5c5c6ccc(C#N)cc6n(c3c2)c45)c1. The first-order valence-electron chi connectivity index (χ1n) is 19.1. The molecule has 10 rings (SSSR count). The van der Waals surface area contributed by atoms with E-state index in [4.69, 9.17) is 4.74 Å². The van der Waals surface area contributed by atoms with E-state index in [2.05, 4.69) is 149 Å². The molecule has 0 spiro atoms. The van der Waals surface area contributed by atoms with Crippen LogP contribution < -0.4 is 14.5 Å². The number of methoxy groups -OCH3 is 1. The van der Waals surface area contributed by atoms with Gasteiger partial charge >= 0.3 is 0 Å². The third kappa shape index (κ3) is 5.59. The van der Waals surface area contributed by atoms with E-state index in [1.54, 1.807) is 7.11 Å². The molecule has 2 aromatic heterocycles. The topological polar surface area (TPSA) is 64.1 Å². The van der Waals surface area contributed by atoms with Gasteiger partial charge in [-0.1, -0.05) is 71.8 Å². The van der Waals surface area contributed by atoms with Crippen LogP contribution in [-0.2, 0) is 6.61 Å². The predicted molar refractivity (Wildman–Crippen MR) is 235 cm³/mol. The summed E-state index contributed by atoms with van der Waals surface area (Å²) in [5.41, 5.74) is 13.1. The second-order valence-corrected chi connectivity index (χ2v) is 14.8. The lowest BCUT2D eigenvalue weighted by Gasteiger charge is -2.26. The van der Waals surface area contributed by atoms with Crippen LogP contribution in [0.3, 0.4) is 0 Å². The van der Waals surface area contributed by atoms with Gasteiger partial charge in [-0.05, 0) is 121 Å². The Morgan fingerprint density at radius 3 is 1.84 bits per heavy atom. The van der Waals surface area contributed by atoms with Gasteiger partial charge in [0.05, 0.1) is 41.9 Å². The number of aromatic nitrogens is 1. The number of nitrogens with zero attached hydrogens (tertiary/aromatic N) is 4. The third-order valence-electron chi connectivity index (χ3n) is 11.2. The Morgan fingerprint density at radius 2 is 1.16 bits per heavy atom. The summed E-state index contributed by atoms with van der Waals surface area (Å²) >= 11 is 0. The molecule has 0 aliphatic carbocycles. The molecule has 6 heteroatoms. The van der Waals surface area contributed by atoms with E-state index >= 15 is 0 Å². The van der Waals surface area contributed by atoms with Crippen LogP contribution in [0.25, 0.3) is 48.9 Å². The second kappa shape index (κ2) is 13.5. The molecular weight excluding hydrogens is 701 g/mol. The number of ether oxygens (including phenoxy) is 1. The standard InChI is InChI=1S/C51H38N4O2/c1-32-10-16-37(17-11-32)53(39-7-4-6-35(24-39)31-56)41-20-15-36-26-47-44-23-21-42(54(38-18-12-33(2)13-19-38)40-8-5-9-43(27-40)57-3)29-49(44)55-48-25-34(30-52)14-22-45(48)50(51(47)55)46(36)28-41/h4-29,56H,31H2,1-3H3. The predicted octanol–water partition coefficient (Wildman–Crippen LogP) is 12.9. The number of rotatable bonds is 8. The van der Waals surface area contributed by atoms with Crippen LogP contribution in [0, 0.1) is 25.2 Å². The molecule has 0 fully saturated rings. The summed E-state index contributed by atoms with van der Waals surface area (Å²) in [6.45, 7) is 4.16. The van der Waals surface area contributed by atoms with E-state index in [9.17, 15) is 10.4 Å². The number of aliphatic hydroxyl groups excluding tert-OH is 1. The van der Waals surface area contributed by atoms with Crippen LogP contribution in [0.15, 0.2) is 158 Å². The highest BCUT2D eigenvalue weighted by Crippen LogP contribution is 2.47. The smallest absolute Gasteiger partial charge is 0.120 e. The number of hydrogen-bond donors (Lipinski definition) is 1. The highest BCUT2D eigenvalue weighted by atomic mass is 16.5. The van der Waals surface area contributed by atoms with Crippen LogP contribution in [-0.4, -0.2) is 16.6 Å². The van der Waals surface area contributed by atoms with Crippen molar-refractivity contribution in [3.05, 3.63) is 180 Å². The van der Waals surface area contributed by atoms with Gasteiger partial charge in [-0.2, -0.15) is 5.26 Å². The van der Waals surface area contributed by atoms with Crippen LogP contribution in [0.1, 0.15) is 22.3 Å². The maximum Gasteiger partial charge on any atom is 0.120 e. The number of anilines is 6. The van der Waals surface area contributed by atoms with Crippen LogP contribution in [0.4, 0.5) is 34.1 Å². The van der Waals surface area contributed by atoms with Gasteiger partial charge in [-0.25, -0.2) is 0 Å². The summed E-state index contributed by atoms with van der Waals surface area (Å²) in [5, 5.41) is 27.0. The number of aryl methyl sites for hydroxylation is 2. The molecule has 10 aromatic rings. The zero-order chi connectivity index (χ0) is 38.8. The Bertz CT molecular complexity index is 3190. The fourth-order valence-electron chi connectivity index (χ4n) is 8.49. The monoisotopic (exact) mass is 738 g/mol. The van der Waals surface area contributed by atoms with Gasteiger partial charge in [-0.3, -0.25) is 0 Å². The number of hydrogen-bond acceptors (Lipinski definition) is 5. The fraction of sp³-hybridized carbons (Fsp3) is 0.0784. The first-order chi connectivity index (χ1) is 27.9. The highest BCUT2D eigenvalue weighted by molar-refractivity contribution is 6.31. The molecule has 0 aliphatic rings. The first-order valence-corrected chi connectivity index (χ1v) is 19.1. The minimum Gasteiger partial charge on any atom is -0.497 e. The lowest BCUT2D eigenvalue weighted by molar-refractivity contribution is 0.282. The third-order valence-corrected chi connectivity index (χ3v) is 11.2. The molecule has 2 heterocycles. The minimum absolute atomic E-state index is 0.0362. The van der Waals surface area contributed by atoms with E-state index in [1.807, 2.05) is 42.5 Å². The first kappa shape index (κ1) is 34.2. The Labute approximate surface area is 330 Å². The van der Waals surface area contributed by atoms with Crippen molar-refractivity contribution < 1.29 is 9.84 Å². The molecule has 0 aliphatic heterocycles. The van der Waals surface area contributed by atoms with Crippen LogP contribution >= 0.6 is 0 Å². The molecule has 0 bridgehead atoms. The molecule has 0 radical (unpaired) electrons. The van der Waals surface area contributed by atoms with Gasteiger partial charge in [0.15, 0.2) is 0 Å². The fourth-order valence-corrected chi connectivity index (χ4v) is 8.49. The summed E-state index contributed by atoms with van der Waals surface area (Å²) < 4.78 is 8.02. The van der Waals surface area contributed by atoms with Crippen molar-refractivity contribution in [1.82, 2.24) is 4.40 Å². The molecule has 8 aromatic carbocycles. The van der Waals surface area contributed by atoms with Gasteiger partial charge < -0.3 is 24.0 Å². The van der Waals surface area contributed by atoms with Gasteiger partial charge in [0.25, 0.3) is 0 Å². The van der Waals surface area contributed by atoms with Crippen molar-refractivity contribution in [2.24, 2.45) is 0 Å². The van der Waals surface area contributed by atoms with Gasteiger partial charge in [0.1, 0.15) is 5.75 Å². The molecule has 6 nitrogen and oxygen atoms in total. The second-order valence-electron chi connectivity index (χ2n) is 14.8. The zero-order valence-corrected chi connectivity index (χ0v) is 31.9. The minimum atomic E-state index is -0.0362. The molecule has 0 saturated heterocycles. The Hall–Kier alpha value is -7.33. The summed E-state index contributed by atoms with van der Waals surface area (Å²) in [5.74, 6) is 0.786. The largest absolute Gasteiger partial charge is 0.497 e. The van der Waals surface area contributed by atoms with Crippen molar-refractivity contribution in [3.8, 4) is 11.8 Å². The van der Waals surface area contributed by atoms with Crippen molar-refractivity contribution in [3.63, 3.8) is 0 Å². The Morgan fingerprint density at radius 1 is 0.561 bits per heavy atom. The van der Waals surface area contributed by atoms with E-state index in [1.165, 1.54) is 11.1 Å². The molecule has 274 valence electrons. The summed E-state index contributed by atoms with van der Waals surface area (Å²) in [7, 11) is 1.70.